The number of carbonyl (C=O) groups is 2. The van der Waals surface area contributed by atoms with Gasteiger partial charge in [-0.05, 0) is 30.7 Å². The lowest BCUT2D eigenvalue weighted by Gasteiger charge is -2.26. The molecule has 1 heterocycles. The highest BCUT2D eigenvalue weighted by molar-refractivity contribution is 7.89. The average molecular weight is 419 g/mol. The van der Waals surface area contributed by atoms with Gasteiger partial charge in [-0.2, -0.15) is 9.57 Å². The summed E-state index contributed by atoms with van der Waals surface area (Å²) in [7, 11) is -3.59. The van der Waals surface area contributed by atoms with Gasteiger partial charge in [0.1, 0.15) is 11.6 Å². The van der Waals surface area contributed by atoms with E-state index in [1.807, 2.05) is 0 Å². The monoisotopic (exact) mass is 419 g/mol. The molecule has 154 valence electrons. The molecule has 0 aromatic heterocycles. The summed E-state index contributed by atoms with van der Waals surface area (Å²) in [5, 5.41) is 8.83. The first kappa shape index (κ1) is 22.3. The number of nitriles is 1. The third-order valence-electron chi connectivity index (χ3n) is 4.03. The number of benzene rings is 1. The van der Waals surface area contributed by atoms with Gasteiger partial charge in [0.05, 0.1) is 18.1 Å². The van der Waals surface area contributed by atoms with Gasteiger partial charge in [0.15, 0.2) is 6.61 Å². The zero-order valence-electron chi connectivity index (χ0n) is 15.8. The second-order valence-electron chi connectivity index (χ2n) is 6.12. The fourth-order valence-corrected chi connectivity index (χ4v) is 3.89. The number of carbonyl (C=O) groups excluding carboxylic acids is 2. The van der Waals surface area contributed by atoms with Crippen LogP contribution >= 0.6 is 0 Å². The van der Waals surface area contributed by atoms with Crippen molar-refractivity contribution >= 4 is 27.9 Å². The number of sulfonamides is 1. The van der Waals surface area contributed by atoms with E-state index in [1.54, 1.807) is 18.2 Å². The second kappa shape index (κ2) is 9.97. The zero-order valence-corrected chi connectivity index (χ0v) is 16.6. The molecule has 1 aromatic carbocycles. The fraction of sp³-hybridized carbons (Fsp3) is 0.316. The van der Waals surface area contributed by atoms with Gasteiger partial charge in [-0.25, -0.2) is 13.2 Å². The van der Waals surface area contributed by atoms with Crippen LogP contribution in [0.25, 0.3) is 6.08 Å². The third kappa shape index (κ3) is 5.99. The molecule has 29 heavy (non-hydrogen) atoms. The predicted octanol–water partition coefficient (Wildman–Crippen LogP) is 0.589. The summed E-state index contributed by atoms with van der Waals surface area (Å²) < 4.78 is 36.4. The number of nitrogens with two attached hydrogens (primary N) is 1. The SMILES string of the molecule is CC(N)=C(C#N)C(=O)COC(=O)C=Cc1ccc(S(=O)(=O)N2CCOCC2)cc1. The minimum absolute atomic E-state index is 0.0520. The van der Waals surface area contributed by atoms with Crippen LogP contribution in [0.3, 0.4) is 0 Å². The summed E-state index contributed by atoms with van der Waals surface area (Å²) in [6.45, 7) is 2.14. The Labute approximate surface area is 169 Å². The first-order chi connectivity index (χ1) is 13.8. The Kier molecular flexibility index (Phi) is 7.67. The molecule has 1 fully saturated rings. The predicted molar refractivity (Wildman–Crippen MR) is 104 cm³/mol. The Morgan fingerprint density at radius 3 is 2.45 bits per heavy atom. The van der Waals surface area contributed by atoms with Crippen LogP contribution in [0.1, 0.15) is 12.5 Å². The van der Waals surface area contributed by atoms with Crippen molar-refractivity contribution in [2.24, 2.45) is 5.73 Å². The van der Waals surface area contributed by atoms with E-state index < -0.39 is 28.4 Å². The van der Waals surface area contributed by atoms with Crippen molar-refractivity contribution in [1.29, 1.82) is 5.26 Å². The van der Waals surface area contributed by atoms with E-state index in [1.165, 1.54) is 29.4 Å². The molecule has 0 saturated carbocycles. The smallest absolute Gasteiger partial charge is 0.331 e. The lowest BCUT2D eigenvalue weighted by molar-refractivity contribution is -0.141. The highest BCUT2D eigenvalue weighted by Gasteiger charge is 2.25. The van der Waals surface area contributed by atoms with Crippen LogP contribution in [-0.4, -0.2) is 57.4 Å². The van der Waals surface area contributed by atoms with Crippen LogP contribution in [0, 0.1) is 11.3 Å². The number of morpholine rings is 1. The molecule has 0 bridgehead atoms. The molecule has 0 amide bonds. The van der Waals surface area contributed by atoms with Crippen molar-refractivity contribution in [3.63, 3.8) is 0 Å². The minimum Gasteiger partial charge on any atom is -0.454 e. The largest absolute Gasteiger partial charge is 0.454 e. The van der Waals surface area contributed by atoms with Gasteiger partial charge in [-0.3, -0.25) is 4.79 Å². The van der Waals surface area contributed by atoms with Gasteiger partial charge in [0.25, 0.3) is 0 Å². The van der Waals surface area contributed by atoms with E-state index in [9.17, 15) is 18.0 Å². The van der Waals surface area contributed by atoms with E-state index >= 15 is 0 Å². The second-order valence-corrected chi connectivity index (χ2v) is 8.06. The molecular weight excluding hydrogens is 398 g/mol. The number of nitrogens with zero attached hydrogens (tertiary/aromatic N) is 2. The molecule has 2 rings (SSSR count). The quantitative estimate of drug-likeness (QED) is 0.385. The maximum Gasteiger partial charge on any atom is 0.331 e. The number of ether oxygens (including phenoxy) is 2. The molecule has 1 aliphatic heterocycles. The van der Waals surface area contributed by atoms with Crippen molar-refractivity contribution in [3.8, 4) is 6.07 Å². The molecule has 1 saturated heterocycles. The Hall–Kier alpha value is -3.00. The summed E-state index contributed by atoms with van der Waals surface area (Å²) in [5.74, 6) is -1.47. The number of hydrogen-bond acceptors (Lipinski definition) is 8. The molecule has 0 aliphatic carbocycles. The minimum atomic E-state index is -3.59. The Morgan fingerprint density at radius 2 is 1.90 bits per heavy atom. The van der Waals surface area contributed by atoms with Crippen LogP contribution < -0.4 is 5.73 Å². The molecule has 0 spiro atoms. The lowest BCUT2D eigenvalue weighted by Crippen LogP contribution is -2.40. The van der Waals surface area contributed by atoms with Crippen LogP contribution in [-0.2, 0) is 29.1 Å². The number of allylic oxidation sites excluding steroid dienone is 1. The van der Waals surface area contributed by atoms with Crippen molar-refractivity contribution < 1.29 is 27.5 Å². The third-order valence-corrected chi connectivity index (χ3v) is 5.94. The summed E-state index contributed by atoms with van der Waals surface area (Å²) in [6.07, 6.45) is 2.52. The van der Waals surface area contributed by atoms with Crippen molar-refractivity contribution in [2.75, 3.05) is 32.9 Å². The molecule has 10 heteroatoms. The summed E-state index contributed by atoms with van der Waals surface area (Å²) in [4.78, 5) is 23.6. The molecule has 0 atom stereocenters. The lowest BCUT2D eigenvalue weighted by atomic mass is 10.1. The number of ketones is 1. The molecular formula is C19H21N3O6S. The van der Waals surface area contributed by atoms with Crippen molar-refractivity contribution in [3.05, 3.63) is 47.2 Å². The molecule has 1 aromatic rings. The number of rotatable bonds is 7. The molecule has 2 N–H and O–H groups in total. The van der Waals surface area contributed by atoms with Crippen LogP contribution in [0.5, 0.6) is 0 Å². The van der Waals surface area contributed by atoms with Gasteiger partial charge in [-0.1, -0.05) is 12.1 Å². The maximum atomic E-state index is 12.6. The molecule has 0 unspecified atom stereocenters. The Bertz CT molecular complexity index is 964. The highest BCUT2D eigenvalue weighted by atomic mass is 32.2. The van der Waals surface area contributed by atoms with Crippen molar-refractivity contribution in [2.45, 2.75) is 11.8 Å². The number of hydrogen-bond donors (Lipinski definition) is 1. The highest BCUT2D eigenvalue weighted by Crippen LogP contribution is 2.18. The van der Waals surface area contributed by atoms with Gasteiger partial charge >= 0.3 is 5.97 Å². The van der Waals surface area contributed by atoms with E-state index in [-0.39, 0.29) is 16.2 Å². The van der Waals surface area contributed by atoms with Gasteiger partial charge in [-0.15, -0.1) is 0 Å². The standard InChI is InChI=1S/C19H21N3O6S/c1-14(21)17(12-20)18(23)13-28-19(24)7-4-15-2-5-16(6-3-15)29(25,26)22-8-10-27-11-9-22/h2-7H,8-11,13,21H2,1H3. The summed E-state index contributed by atoms with van der Waals surface area (Å²) in [5.41, 5.74) is 5.78. The van der Waals surface area contributed by atoms with Crippen LogP contribution in [0.2, 0.25) is 0 Å². The first-order valence-electron chi connectivity index (χ1n) is 8.68. The normalized spacial score (nSPS) is 16.1. The van der Waals surface area contributed by atoms with E-state index in [0.717, 1.165) is 6.08 Å². The number of Topliss-reactive ketones (excluding diaryl/α,β-unsaturated/α-hetero) is 1. The zero-order chi connectivity index (χ0) is 21.4. The van der Waals surface area contributed by atoms with Gasteiger partial charge < -0.3 is 15.2 Å². The summed E-state index contributed by atoms with van der Waals surface area (Å²) in [6, 6.07) is 7.67. The maximum absolute atomic E-state index is 12.6. The van der Waals surface area contributed by atoms with Gasteiger partial charge in [0, 0.05) is 24.9 Å². The molecule has 0 radical (unpaired) electrons. The molecule has 1 aliphatic rings. The first-order valence-corrected chi connectivity index (χ1v) is 10.1. The van der Waals surface area contributed by atoms with E-state index in [2.05, 4.69) is 0 Å². The fourth-order valence-electron chi connectivity index (χ4n) is 2.48. The summed E-state index contributed by atoms with van der Waals surface area (Å²) >= 11 is 0. The average Bonchev–Trinajstić information content (AvgIpc) is 2.72. The topological polar surface area (TPSA) is 140 Å². The Morgan fingerprint density at radius 1 is 1.28 bits per heavy atom. The Balaban J connectivity index is 1.96. The van der Waals surface area contributed by atoms with Crippen LogP contribution in [0.15, 0.2) is 46.5 Å². The van der Waals surface area contributed by atoms with Crippen molar-refractivity contribution in [1.82, 2.24) is 4.31 Å². The molecule has 9 nitrogen and oxygen atoms in total. The van der Waals surface area contributed by atoms with E-state index in [0.29, 0.717) is 31.9 Å². The van der Waals surface area contributed by atoms with E-state index in [4.69, 9.17) is 20.5 Å². The van der Waals surface area contributed by atoms with Crippen LogP contribution in [0.4, 0.5) is 0 Å². The van der Waals surface area contributed by atoms with Gasteiger partial charge in [0.2, 0.25) is 15.8 Å². The number of esters is 1.